The normalized spacial score (nSPS) is 23.0. The number of aromatic nitrogens is 2. The van der Waals surface area contributed by atoms with E-state index in [1.165, 1.54) is 13.8 Å². The molecule has 0 aliphatic carbocycles. The van der Waals surface area contributed by atoms with Crippen LogP contribution < -0.4 is 11.0 Å². The van der Waals surface area contributed by atoms with E-state index in [9.17, 15) is 19.5 Å². The first kappa shape index (κ1) is 32.6. The Hall–Kier alpha value is -4.29. The molecule has 2 aliphatic rings. The van der Waals surface area contributed by atoms with Crippen LogP contribution in [0.2, 0.25) is 0 Å². The van der Waals surface area contributed by atoms with Crippen molar-refractivity contribution in [3.8, 4) is 0 Å². The van der Waals surface area contributed by atoms with Gasteiger partial charge < -0.3 is 34.5 Å². The van der Waals surface area contributed by atoms with E-state index in [1.807, 2.05) is 65.2 Å². The minimum absolute atomic E-state index is 0.0289. The quantitative estimate of drug-likeness (QED) is 0.221. The first-order valence-electron chi connectivity index (χ1n) is 16.2. The number of fused-ring (bicyclic) bond motifs is 1. The Bertz CT molecular complexity index is 1740. The Morgan fingerprint density at radius 2 is 1.68 bits per heavy atom. The SMILES string of the molecule is CC(=O)OC(C)C(=O)Nc1ccc(C2OC(CN3CCC(n4c(=O)[nH]c5ccccc54)CC3)C(C)C(c3ccc(CO)cc3)O2)cc1. The number of nitrogens with zero attached hydrogens (tertiary/aromatic N) is 2. The van der Waals surface area contributed by atoms with Gasteiger partial charge in [-0.1, -0.05) is 55.5 Å². The van der Waals surface area contributed by atoms with Crippen molar-refractivity contribution in [3.05, 3.63) is 100.0 Å². The molecule has 0 saturated carbocycles. The van der Waals surface area contributed by atoms with Gasteiger partial charge in [-0.05, 0) is 55.2 Å². The summed E-state index contributed by atoms with van der Waals surface area (Å²) in [5, 5.41) is 12.3. The van der Waals surface area contributed by atoms with Gasteiger partial charge in [0.2, 0.25) is 0 Å². The average Bonchev–Trinajstić information content (AvgIpc) is 3.41. The number of anilines is 1. The number of aromatic amines is 1. The van der Waals surface area contributed by atoms with Crippen LogP contribution in [0.1, 0.15) is 68.7 Å². The van der Waals surface area contributed by atoms with Crippen LogP contribution in [0.4, 0.5) is 5.69 Å². The van der Waals surface area contributed by atoms with Gasteiger partial charge in [-0.25, -0.2) is 4.79 Å². The number of benzene rings is 3. The maximum Gasteiger partial charge on any atom is 0.326 e. The molecule has 0 radical (unpaired) electrons. The molecule has 1 aromatic heterocycles. The lowest BCUT2D eigenvalue weighted by Gasteiger charge is -2.44. The zero-order valence-corrected chi connectivity index (χ0v) is 26.9. The first-order chi connectivity index (χ1) is 22.7. The Morgan fingerprint density at radius 3 is 2.36 bits per heavy atom. The van der Waals surface area contributed by atoms with E-state index in [1.54, 1.807) is 12.1 Å². The lowest BCUT2D eigenvalue weighted by molar-refractivity contribution is -0.276. The van der Waals surface area contributed by atoms with Crippen molar-refractivity contribution in [2.24, 2.45) is 5.92 Å². The number of H-pyrrole nitrogens is 1. The standard InChI is InChI=1S/C36H42N4O7/c1-22-32(20-39-18-16-29(17-19-39)40-31-7-5-4-6-30(31)38-36(40)44)46-35(47-33(22)26-10-8-25(21-41)9-11-26)27-12-14-28(15-13-27)37-34(43)23(2)45-24(3)42/h4-15,22-23,29,32-33,35,41H,16-21H2,1-3H3,(H,37,43)(H,38,44). The fourth-order valence-electron chi connectivity index (χ4n) is 6.65. The predicted molar refractivity (Wildman–Crippen MR) is 177 cm³/mol. The number of piperidine rings is 1. The van der Waals surface area contributed by atoms with Gasteiger partial charge in [0.05, 0.1) is 29.8 Å². The Labute approximate surface area is 273 Å². The molecule has 47 heavy (non-hydrogen) atoms. The molecule has 0 spiro atoms. The second kappa shape index (κ2) is 14.2. The second-order valence-corrected chi connectivity index (χ2v) is 12.5. The van der Waals surface area contributed by atoms with E-state index >= 15 is 0 Å². The molecule has 4 aromatic rings. The molecule has 11 heteroatoms. The third-order valence-electron chi connectivity index (χ3n) is 9.27. The number of aliphatic hydroxyl groups is 1. The van der Waals surface area contributed by atoms with Crippen molar-refractivity contribution in [1.82, 2.24) is 14.5 Å². The van der Waals surface area contributed by atoms with E-state index in [4.69, 9.17) is 14.2 Å². The summed E-state index contributed by atoms with van der Waals surface area (Å²) in [7, 11) is 0. The number of ether oxygens (including phenoxy) is 3. The molecule has 2 saturated heterocycles. The number of para-hydroxylation sites is 2. The number of likely N-dealkylation sites (tertiary alicyclic amines) is 1. The summed E-state index contributed by atoms with van der Waals surface area (Å²) in [6, 6.07) is 23.1. The molecule has 3 aromatic carbocycles. The minimum Gasteiger partial charge on any atom is -0.453 e. The number of amides is 1. The van der Waals surface area contributed by atoms with Gasteiger partial charge in [-0.3, -0.25) is 14.2 Å². The van der Waals surface area contributed by atoms with Crippen LogP contribution in [0.15, 0.2) is 77.6 Å². The molecule has 2 aliphatic heterocycles. The number of imidazole rings is 1. The Morgan fingerprint density at radius 1 is 1.00 bits per heavy atom. The van der Waals surface area contributed by atoms with Crippen molar-refractivity contribution in [2.75, 3.05) is 25.0 Å². The molecule has 1 amide bonds. The van der Waals surface area contributed by atoms with E-state index in [0.717, 1.165) is 53.7 Å². The summed E-state index contributed by atoms with van der Waals surface area (Å²) in [6.07, 6.45) is -0.238. The molecule has 2 fully saturated rings. The third kappa shape index (κ3) is 7.33. The lowest BCUT2D eigenvalue weighted by atomic mass is 9.89. The van der Waals surface area contributed by atoms with Crippen LogP contribution in [-0.2, 0) is 30.4 Å². The molecular weight excluding hydrogens is 600 g/mol. The molecule has 5 unspecified atom stereocenters. The maximum absolute atomic E-state index is 12.8. The van der Waals surface area contributed by atoms with Gasteiger partial charge in [0, 0.05) is 49.8 Å². The summed E-state index contributed by atoms with van der Waals surface area (Å²) in [5.74, 6) is -0.911. The molecule has 3 heterocycles. The van der Waals surface area contributed by atoms with Crippen molar-refractivity contribution < 1.29 is 28.9 Å². The molecule has 6 rings (SSSR count). The third-order valence-corrected chi connectivity index (χ3v) is 9.27. The zero-order valence-electron chi connectivity index (χ0n) is 26.9. The fraction of sp³-hybridized carbons (Fsp3) is 0.417. The van der Waals surface area contributed by atoms with Crippen molar-refractivity contribution in [3.63, 3.8) is 0 Å². The number of carbonyl (C=O) groups excluding carboxylic acids is 2. The number of esters is 1. The number of hydrogen-bond donors (Lipinski definition) is 3. The molecule has 11 nitrogen and oxygen atoms in total. The number of rotatable bonds is 9. The second-order valence-electron chi connectivity index (χ2n) is 12.5. The molecule has 5 atom stereocenters. The van der Waals surface area contributed by atoms with Crippen LogP contribution in [-0.4, -0.2) is 63.3 Å². The van der Waals surface area contributed by atoms with Crippen molar-refractivity contribution in [1.29, 1.82) is 0 Å². The van der Waals surface area contributed by atoms with E-state index < -0.39 is 24.3 Å². The monoisotopic (exact) mass is 642 g/mol. The minimum atomic E-state index is -0.911. The highest BCUT2D eigenvalue weighted by atomic mass is 16.7. The van der Waals surface area contributed by atoms with Crippen molar-refractivity contribution in [2.45, 2.75) is 70.9 Å². The molecule has 0 bridgehead atoms. The highest BCUT2D eigenvalue weighted by Crippen LogP contribution is 2.42. The fourth-order valence-corrected chi connectivity index (χ4v) is 6.65. The van der Waals surface area contributed by atoms with Gasteiger partial charge in [-0.15, -0.1) is 0 Å². The summed E-state index contributed by atoms with van der Waals surface area (Å²) in [4.78, 5) is 41.9. The molecule has 3 N–H and O–H groups in total. The summed E-state index contributed by atoms with van der Waals surface area (Å²) < 4.78 is 20.1. The number of hydrogen-bond acceptors (Lipinski definition) is 8. The van der Waals surface area contributed by atoms with Gasteiger partial charge in [-0.2, -0.15) is 0 Å². The van der Waals surface area contributed by atoms with E-state index in [0.29, 0.717) is 12.2 Å². The van der Waals surface area contributed by atoms with Crippen LogP contribution in [0.3, 0.4) is 0 Å². The lowest BCUT2D eigenvalue weighted by Crippen LogP contribution is -2.47. The molecule has 248 valence electrons. The molecular formula is C36H42N4O7. The smallest absolute Gasteiger partial charge is 0.326 e. The number of aliphatic hydroxyl groups excluding tert-OH is 1. The van der Waals surface area contributed by atoms with E-state index in [2.05, 4.69) is 22.1 Å². The topological polar surface area (TPSA) is 135 Å². The summed E-state index contributed by atoms with van der Waals surface area (Å²) >= 11 is 0. The van der Waals surface area contributed by atoms with Crippen LogP contribution in [0, 0.1) is 5.92 Å². The summed E-state index contributed by atoms with van der Waals surface area (Å²) in [6.45, 7) is 7.29. The highest BCUT2D eigenvalue weighted by Gasteiger charge is 2.39. The Balaban J connectivity index is 1.16. The highest BCUT2D eigenvalue weighted by molar-refractivity contribution is 5.94. The zero-order chi connectivity index (χ0) is 33.1. The predicted octanol–water partition coefficient (Wildman–Crippen LogP) is 4.84. The van der Waals surface area contributed by atoms with Gasteiger partial charge in [0.25, 0.3) is 5.91 Å². The first-order valence-corrected chi connectivity index (χ1v) is 16.2. The van der Waals surface area contributed by atoms with Crippen LogP contribution >= 0.6 is 0 Å². The maximum atomic E-state index is 12.8. The summed E-state index contributed by atoms with van der Waals surface area (Å²) in [5.41, 5.74) is 4.95. The van der Waals surface area contributed by atoms with E-state index in [-0.39, 0.29) is 36.5 Å². The van der Waals surface area contributed by atoms with Gasteiger partial charge in [0.15, 0.2) is 12.4 Å². The van der Waals surface area contributed by atoms with Crippen LogP contribution in [0.5, 0.6) is 0 Å². The Kier molecular flexibility index (Phi) is 9.88. The average molecular weight is 643 g/mol. The van der Waals surface area contributed by atoms with Crippen molar-refractivity contribution >= 4 is 28.6 Å². The number of carbonyl (C=O) groups is 2. The number of nitrogens with one attached hydrogen (secondary N) is 2. The van der Waals surface area contributed by atoms with Gasteiger partial charge >= 0.3 is 11.7 Å². The van der Waals surface area contributed by atoms with Gasteiger partial charge in [0.1, 0.15) is 0 Å². The largest absolute Gasteiger partial charge is 0.453 e. The van der Waals surface area contributed by atoms with Crippen LogP contribution in [0.25, 0.3) is 11.0 Å².